The highest BCUT2D eigenvalue weighted by Gasteiger charge is 2.25. The number of anilines is 1. The van der Waals surface area contributed by atoms with Crippen LogP contribution in [0, 0.1) is 5.92 Å². The summed E-state index contributed by atoms with van der Waals surface area (Å²) in [6.45, 7) is 4.94. The Bertz CT molecular complexity index is 1360. The molecule has 4 heteroatoms. The largest absolute Gasteiger partial charge is 0.346 e. The van der Waals surface area contributed by atoms with E-state index in [0.29, 0.717) is 5.92 Å². The van der Waals surface area contributed by atoms with Gasteiger partial charge in [-0.25, -0.2) is 9.97 Å². The van der Waals surface area contributed by atoms with Crippen LogP contribution in [0.3, 0.4) is 0 Å². The van der Waals surface area contributed by atoms with Gasteiger partial charge in [0.2, 0.25) is 0 Å². The maximum Gasteiger partial charge on any atom is 0.158 e. The van der Waals surface area contributed by atoms with Gasteiger partial charge in [0.15, 0.2) is 5.82 Å². The number of pyridine rings is 1. The molecule has 0 amide bonds. The van der Waals surface area contributed by atoms with E-state index in [2.05, 4.69) is 101 Å². The maximum absolute atomic E-state index is 5.21. The lowest BCUT2D eigenvalue weighted by molar-refractivity contribution is 0.401. The van der Waals surface area contributed by atoms with Gasteiger partial charge in [-0.15, -0.1) is 0 Å². The summed E-state index contributed by atoms with van der Waals surface area (Å²) in [7, 11) is 0. The molecule has 1 aliphatic rings. The predicted octanol–water partition coefficient (Wildman–Crippen LogP) is 6.37. The fraction of sp³-hybridized carbons (Fsp3) is 0.241. The van der Waals surface area contributed by atoms with Crippen molar-refractivity contribution < 1.29 is 0 Å². The zero-order valence-electron chi connectivity index (χ0n) is 19.0. The third-order valence-electron chi connectivity index (χ3n) is 6.73. The molecule has 1 atom stereocenters. The van der Waals surface area contributed by atoms with Crippen molar-refractivity contribution in [1.29, 1.82) is 0 Å². The molecular formula is C29H28N4. The number of fused-ring (bicyclic) bond motifs is 5. The molecule has 0 radical (unpaired) electrons. The van der Waals surface area contributed by atoms with E-state index in [-0.39, 0.29) is 0 Å². The first kappa shape index (κ1) is 20.0. The van der Waals surface area contributed by atoms with Crippen molar-refractivity contribution in [2.45, 2.75) is 39.4 Å². The van der Waals surface area contributed by atoms with Crippen LogP contribution >= 0.6 is 0 Å². The molecule has 0 saturated heterocycles. The van der Waals surface area contributed by atoms with Crippen LogP contribution in [0.5, 0.6) is 0 Å². The zero-order valence-corrected chi connectivity index (χ0v) is 19.0. The molecule has 0 fully saturated rings. The van der Waals surface area contributed by atoms with Crippen LogP contribution in [-0.2, 0) is 26.1 Å². The van der Waals surface area contributed by atoms with E-state index >= 15 is 0 Å². The third-order valence-corrected chi connectivity index (χ3v) is 6.73. The minimum atomic E-state index is 0.662. The van der Waals surface area contributed by atoms with E-state index in [9.17, 15) is 0 Å². The number of aromatic nitrogens is 3. The first-order valence-electron chi connectivity index (χ1n) is 11.9. The standard InChI is InChI=1S/C29H28N4/c1-21-16-17-26-31-27-28(33(26)18-21)24-14-8-9-15-25(24)30-29(27)32(19-22-10-4-2-5-11-22)20-23-12-6-3-7-13-23/h2-15,21H,16-20H2,1H3. The van der Waals surface area contributed by atoms with Crippen LogP contribution in [0.2, 0.25) is 0 Å². The second kappa shape index (κ2) is 8.36. The lowest BCUT2D eigenvalue weighted by atomic mass is 10.0. The molecule has 0 bridgehead atoms. The van der Waals surface area contributed by atoms with Gasteiger partial charge in [-0.2, -0.15) is 0 Å². The summed E-state index contributed by atoms with van der Waals surface area (Å²) in [6, 6.07) is 29.9. The molecule has 4 nitrogen and oxygen atoms in total. The number of para-hydroxylation sites is 1. The van der Waals surface area contributed by atoms with Gasteiger partial charge in [-0.05, 0) is 29.5 Å². The average molecular weight is 433 g/mol. The number of aryl methyl sites for hydroxylation is 1. The van der Waals surface area contributed by atoms with E-state index in [0.717, 1.165) is 42.9 Å². The van der Waals surface area contributed by atoms with Gasteiger partial charge in [0.05, 0.1) is 11.0 Å². The molecule has 0 aliphatic carbocycles. The highest BCUT2D eigenvalue weighted by Crippen LogP contribution is 2.36. The van der Waals surface area contributed by atoms with Gasteiger partial charge in [0.25, 0.3) is 0 Å². The van der Waals surface area contributed by atoms with E-state index in [4.69, 9.17) is 9.97 Å². The van der Waals surface area contributed by atoms with Crippen LogP contribution in [0.15, 0.2) is 84.9 Å². The fourth-order valence-corrected chi connectivity index (χ4v) is 5.07. The second-order valence-electron chi connectivity index (χ2n) is 9.26. The summed E-state index contributed by atoms with van der Waals surface area (Å²) in [6.07, 6.45) is 2.22. The van der Waals surface area contributed by atoms with E-state index in [1.807, 2.05) is 0 Å². The second-order valence-corrected chi connectivity index (χ2v) is 9.26. The van der Waals surface area contributed by atoms with Gasteiger partial charge >= 0.3 is 0 Å². The molecule has 0 N–H and O–H groups in total. The van der Waals surface area contributed by atoms with Crippen molar-refractivity contribution in [2.75, 3.05) is 4.90 Å². The van der Waals surface area contributed by atoms with Crippen LogP contribution in [-0.4, -0.2) is 14.5 Å². The zero-order chi connectivity index (χ0) is 22.2. The minimum absolute atomic E-state index is 0.662. The Kier molecular flexibility index (Phi) is 5.06. The lowest BCUT2D eigenvalue weighted by Crippen LogP contribution is -2.23. The van der Waals surface area contributed by atoms with Gasteiger partial charge in [-0.1, -0.05) is 85.8 Å². The van der Waals surface area contributed by atoms with Gasteiger partial charge in [0, 0.05) is 31.4 Å². The Labute approximate surface area is 194 Å². The quantitative estimate of drug-likeness (QED) is 0.323. The van der Waals surface area contributed by atoms with E-state index in [1.165, 1.54) is 34.3 Å². The molecular weight excluding hydrogens is 404 g/mol. The van der Waals surface area contributed by atoms with Crippen molar-refractivity contribution in [3.8, 4) is 0 Å². The number of rotatable bonds is 5. The van der Waals surface area contributed by atoms with Crippen LogP contribution in [0.25, 0.3) is 21.9 Å². The van der Waals surface area contributed by atoms with Crippen molar-refractivity contribution in [2.24, 2.45) is 5.92 Å². The predicted molar refractivity (Wildman–Crippen MR) is 135 cm³/mol. The molecule has 2 aromatic heterocycles. The molecule has 0 spiro atoms. The molecule has 0 saturated carbocycles. The summed E-state index contributed by atoms with van der Waals surface area (Å²) in [5.41, 5.74) is 5.85. The van der Waals surface area contributed by atoms with Crippen LogP contribution in [0.4, 0.5) is 5.82 Å². The van der Waals surface area contributed by atoms with Gasteiger partial charge < -0.3 is 9.47 Å². The smallest absolute Gasteiger partial charge is 0.158 e. The Morgan fingerprint density at radius 2 is 1.45 bits per heavy atom. The SMILES string of the molecule is CC1CCc2nc3c(N(Cc4ccccc4)Cc4ccccc4)nc4ccccc4c3n2C1. The first-order valence-corrected chi connectivity index (χ1v) is 11.9. The van der Waals surface area contributed by atoms with Crippen molar-refractivity contribution in [3.05, 3.63) is 102 Å². The molecule has 5 aromatic rings. The number of hydrogen-bond donors (Lipinski definition) is 0. The monoisotopic (exact) mass is 432 g/mol. The molecule has 3 heterocycles. The molecule has 1 aliphatic heterocycles. The summed E-state index contributed by atoms with van der Waals surface area (Å²) in [5, 5.41) is 1.20. The number of nitrogens with zero attached hydrogens (tertiary/aromatic N) is 4. The number of imidazole rings is 1. The van der Waals surface area contributed by atoms with Crippen molar-refractivity contribution in [3.63, 3.8) is 0 Å². The molecule has 3 aromatic carbocycles. The Hall–Kier alpha value is -3.66. The van der Waals surface area contributed by atoms with E-state index < -0.39 is 0 Å². The normalized spacial score (nSPS) is 15.6. The summed E-state index contributed by atoms with van der Waals surface area (Å²) in [4.78, 5) is 12.8. The Balaban J connectivity index is 1.57. The molecule has 1 unspecified atom stereocenters. The van der Waals surface area contributed by atoms with Crippen LogP contribution < -0.4 is 4.90 Å². The maximum atomic E-state index is 5.21. The first-order chi connectivity index (χ1) is 16.3. The van der Waals surface area contributed by atoms with Crippen molar-refractivity contribution >= 4 is 27.8 Å². The molecule has 33 heavy (non-hydrogen) atoms. The summed E-state index contributed by atoms with van der Waals surface area (Å²) < 4.78 is 2.46. The summed E-state index contributed by atoms with van der Waals surface area (Å²) >= 11 is 0. The number of hydrogen-bond acceptors (Lipinski definition) is 3. The highest BCUT2D eigenvalue weighted by atomic mass is 15.2. The number of benzene rings is 3. The fourth-order valence-electron chi connectivity index (χ4n) is 5.07. The minimum Gasteiger partial charge on any atom is -0.346 e. The van der Waals surface area contributed by atoms with Crippen LogP contribution in [0.1, 0.15) is 30.3 Å². The molecule has 164 valence electrons. The Morgan fingerprint density at radius 1 is 0.818 bits per heavy atom. The summed E-state index contributed by atoms with van der Waals surface area (Å²) in [5.74, 6) is 2.84. The molecule has 6 rings (SSSR count). The average Bonchev–Trinajstić information content (AvgIpc) is 3.23. The van der Waals surface area contributed by atoms with E-state index in [1.54, 1.807) is 0 Å². The Morgan fingerprint density at radius 3 is 2.15 bits per heavy atom. The van der Waals surface area contributed by atoms with Crippen molar-refractivity contribution in [1.82, 2.24) is 14.5 Å². The lowest BCUT2D eigenvalue weighted by Gasteiger charge is -2.25. The third kappa shape index (κ3) is 3.76. The topological polar surface area (TPSA) is 34.0 Å². The van der Waals surface area contributed by atoms with Gasteiger partial charge in [-0.3, -0.25) is 0 Å². The highest BCUT2D eigenvalue weighted by molar-refractivity contribution is 6.07. The van der Waals surface area contributed by atoms with Gasteiger partial charge in [0.1, 0.15) is 11.3 Å².